The van der Waals surface area contributed by atoms with Crippen molar-refractivity contribution in [1.82, 2.24) is 19.4 Å². The van der Waals surface area contributed by atoms with Crippen LogP contribution in [0.1, 0.15) is 45.0 Å². The van der Waals surface area contributed by atoms with Crippen molar-refractivity contribution in [3.05, 3.63) is 38.9 Å². The molecule has 2 heterocycles. The summed E-state index contributed by atoms with van der Waals surface area (Å²) < 4.78 is 7.49. The molecule has 1 atom stereocenters. The summed E-state index contributed by atoms with van der Waals surface area (Å²) >= 11 is 3.44. The smallest absolute Gasteiger partial charge is 0.326 e. The summed E-state index contributed by atoms with van der Waals surface area (Å²) in [5.74, 6) is 0.247. The fraction of sp³-hybridized carbons (Fsp3) is 0.591. The van der Waals surface area contributed by atoms with Gasteiger partial charge in [0.25, 0.3) is 5.56 Å². The Labute approximate surface area is 186 Å². The van der Waals surface area contributed by atoms with Crippen molar-refractivity contribution in [1.29, 1.82) is 0 Å². The van der Waals surface area contributed by atoms with Gasteiger partial charge in [0.15, 0.2) is 0 Å². The van der Waals surface area contributed by atoms with Crippen LogP contribution in [0.2, 0.25) is 0 Å². The van der Waals surface area contributed by atoms with Crippen LogP contribution in [-0.2, 0) is 16.1 Å². The van der Waals surface area contributed by atoms with E-state index in [0.717, 1.165) is 49.9 Å². The van der Waals surface area contributed by atoms with Crippen molar-refractivity contribution >= 4 is 32.8 Å². The molecule has 7 nitrogen and oxygen atoms in total. The second kappa shape index (κ2) is 10.5. The summed E-state index contributed by atoms with van der Waals surface area (Å²) in [5.41, 5.74) is 0.462. The number of carbonyl (C=O) groups excluding carboxylic acids is 1. The Morgan fingerprint density at radius 3 is 2.77 bits per heavy atom. The number of rotatable bonds is 7. The van der Waals surface area contributed by atoms with E-state index in [4.69, 9.17) is 9.72 Å². The van der Waals surface area contributed by atoms with E-state index in [1.807, 2.05) is 12.1 Å². The van der Waals surface area contributed by atoms with Crippen molar-refractivity contribution in [2.24, 2.45) is 0 Å². The molecule has 0 radical (unpaired) electrons. The third-order valence-corrected chi connectivity index (χ3v) is 6.09. The Morgan fingerprint density at radius 2 is 2.03 bits per heavy atom. The number of ether oxygens (including phenoxy) is 1. The van der Waals surface area contributed by atoms with Crippen LogP contribution < -0.4 is 5.56 Å². The average Bonchev–Trinajstić information content (AvgIpc) is 2.93. The maximum Gasteiger partial charge on any atom is 0.326 e. The fourth-order valence-corrected chi connectivity index (χ4v) is 4.44. The number of aromatic nitrogens is 2. The minimum Gasteiger partial charge on any atom is -0.465 e. The van der Waals surface area contributed by atoms with Gasteiger partial charge < -0.3 is 9.64 Å². The molecule has 1 unspecified atom stereocenters. The predicted molar refractivity (Wildman–Crippen MR) is 122 cm³/mol. The molecule has 1 aromatic carbocycles. The van der Waals surface area contributed by atoms with Gasteiger partial charge in [0.2, 0.25) is 0 Å². The molecule has 1 aliphatic rings. The Hall–Kier alpha value is -1.77. The van der Waals surface area contributed by atoms with Crippen LogP contribution in [0.3, 0.4) is 0 Å². The second-order valence-electron chi connectivity index (χ2n) is 7.83. The minimum atomic E-state index is -0.414. The van der Waals surface area contributed by atoms with Crippen molar-refractivity contribution < 1.29 is 9.53 Å². The number of fused-ring (bicyclic) bond motifs is 1. The summed E-state index contributed by atoms with van der Waals surface area (Å²) in [4.78, 5) is 35.4. The van der Waals surface area contributed by atoms with Gasteiger partial charge in [-0.05, 0) is 51.6 Å². The molecule has 1 fully saturated rings. The average molecular weight is 479 g/mol. The van der Waals surface area contributed by atoms with Gasteiger partial charge in [0, 0.05) is 24.1 Å². The first-order valence-electron chi connectivity index (χ1n) is 10.7. The molecule has 0 bridgehead atoms. The summed E-state index contributed by atoms with van der Waals surface area (Å²) in [6, 6.07) is 5.50. The third kappa shape index (κ3) is 5.28. The Balaban J connectivity index is 2.12. The molecule has 2 aromatic rings. The molecule has 3 rings (SSSR count). The van der Waals surface area contributed by atoms with Crippen molar-refractivity contribution in [3.8, 4) is 0 Å². The van der Waals surface area contributed by atoms with Crippen LogP contribution in [0.4, 0.5) is 0 Å². The number of carbonyl (C=O) groups is 1. The first kappa shape index (κ1) is 22.9. The third-order valence-electron chi connectivity index (χ3n) is 5.59. The number of hydrogen-bond acceptors (Lipinski definition) is 6. The van der Waals surface area contributed by atoms with Gasteiger partial charge in [-0.1, -0.05) is 29.3 Å². The molecular weight excluding hydrogens is 448 g/mol. The van der Waals surface area contributed by atoms with Gasteiger partial charge in [0.05, 0.1) is 23.6 Å². The van der Waals surface area contributed by atoms with Crippen LogP contribution in [-0.4, -0.2) is 65.2 Å². The summed E-state index contributed by atoms with van der Waals surface area (Å²) in [7, 11) is 2.14. The first-order valence-corrected chi connectivity index (χ1v) is 11.5. The standard InChI is InChI=1S/C22H31BrN4O3/c1-4-7-19(26-11-6-10-25(3)12-13-26)21-24-18-9-8-16(23)14-17(18)22(29)27(21)15-20(28)30-5-2/h8-9,14,19H,4-7,10-13,15H2,1-3H3. The number of nitrogens with zero attached hydrogens (tertiary/aromatic N) is 4. The lowest BCUT2D eigenvalue weighted by Crippen LogP contribution is -2.38. The first-order chi connectivity index (χ1) is 14.4. The van der Waals surface area contributed by atoms with E-state index in [2.05, 4.69) is 39.7 Å². The zero-order chi connectivity index (χ0) is 21.7. The Morgan fingerprint density at radius 1 is 1.23 bits per heavy atom. The quantitative estimate of drug-likeness (QED) is 0.569. The maximum atomic E-state index is 13.4. The number of benzene rings is 1. The number of halogens is 1. The van der Waals surface area contributed by atoms with E-state index in [0.29, 0.717) is 16.7 Å². The molecule has 8 heteroatoms. The zero-order valence-corrected chi connectivity index (χ0v) is 19.7. The largest absolute Gasteiger partial charge is 0.465 e. The Bertz CT molecular complexity index is 946. The van der Waals surface area contributed by atoms with Crippen LogP contribution in [0.25, 0.3) is 10.9 Å². The van der Waals surface area contributed by atoms with Gasteiger partial charge in [0.1, 0.15) is 12.4 Å². The highest BCUT2D eigenvalue weighted by molar-refractivity contribution is 9.10. The van der Waals surface area contributed by atoms with Crippen molar-refractivity contribution in [2.75, 3.05) is 39.8 Å². The maximum absolute atomic E-state index is 13.4. The van der Waals surface area contributed by atoms with Crippen LogP contribution in [0, 0.1) is 0 Å². The number of esters is 1. The monoisotopic (exact) mass is 478 g/mol. The van der Waals surface area contributed by atoms with E-state index >= 15 is 0 Å². The highest BCUT2D eigenvalue weighted by atomic mass is 79.9. The van der Waals surface area contributed by atoms with E-state index in [1.54, 1.807) is 13.0 Å². The molecule has 0 N–H and O–H groups in total. The van der Waals surface area contributed by atoms with Crippen LogP contribution in [0.5, 0.6) is 0 Å². The van der Waals surface area contributed by atoms with Crippen molar-refractivity contribution in [2.45, 2.75) is 45.7 Å². The second-order valence-corrected chi connectivity index (χ2v) is 8.74. The van der Waals surface area contributed by atoms with Gasteiger partial charge in [-0.3, -0.25) is 19.1 Å². The minimum absolute atomic E-state index is 0.0170. The topological polar surface area (TPSA) is 67.7 Å². The van der Waals surface area contributed by atoms with Crippen LogP contribution >= 0.6 is 15.9 Å². The summed E-state index contributed by atoms with van der Waals surface area (Å²) in [5, 5.41) is 0.503. The zero-order valence-electron chi connectivity index (χ0n) is 18.1. The molecule has 0 amide bonds. The normalized spacial score (nSPS) is 17.1. The van der Waals surface area contributed by atoms with E-state index in [9.17, 15) is 9.59 Å². The molecule has 0 spiro atoms. The molecular formula is C22H31BrN4O3. The predicted octanol–water partition coefficient (Wildman–Crippen LogP) is 3.20. The summed E-state index contributed by atoms with van der Waals surface area (Å²) in [6.45, 7) is 7.97. The Kier molecular flexibility index (Phi) is 8.02. The molecule has 0 saturated carbocycles. The number of hydrogen-bond donors (Lipinski definition) is 0. The van der Waals surface area contributed by atoms with Crippen molar-refractivity contribution in [3.63, 3.8) is 0 Å². The van der Waals surface area contributed by atoms with E-state index in [1.165, 1.54) is 4.57 Å². The SMILES string of the molecule is CCCC(c1nc2ccc(Br)cc2c(=O)n1CC(=O)OCC)N1CCCN(C)CC1. The molecule has 30 heavy (non-hydrogen) atoms. The molecule has 1 aromatic heterocycles. The van der Waals surface area contributed by atoms with E-state index < -0.39 is 5.97 Å². The lowest BCUT2D eigenvalue weighted by atomic mass is 10.1. The lowest BCUT2D eigenvalue weighted by molar-refractivity contribution is -0.143. The van der Waals surface area contributed by atoms with E-state index in [-0.39, 0.29) is 24.8 Å². The highest BCUT2D eigenvalue weighted by Crippen LogP contribution is 2.27. The lowest BCUT2D eigenvalue weighted by Gasteiger charge is -2.31. The number of likely N-dealkylation sites (N-methyl/N-ethyl adjacent to an activating group) is 1. The molecule has 0 aliphatic carbocycles. The molecule has 1 aliphatic heterocycles. The molecule has 164 valence electrons. The highest BCUT2D eigenvalue weighted by Gasteiger charge is 2.27. The van der Waals surface area contributed by atoms with Gasteiger partial charge >= 0.3 is 5.97 Å². The van der Waals surface area contributed by atoms with Gasteiger partial charge in [-0.15, -0.1) is 0 Å². The van der Waals surface area contributed by atoms with Gasteiger partial charge in [-0.2, -0.15) is 0 Å². The van der Waals surface area contributed by atoms with Gasteiger partial charge in [-0.25, -0.2) is 4.98 Å². The summed E-state index contributed by atoms with van der Waals surface area (Å²) in [6.07, 6.45) is 2.91. The van der Waals surface area contributed by atoms with Crippen LogP contribution in [0.15, 0.2) is 27.5 Å². The fourth-order valence-electron chi connectivity index (χ4n) is 4.08. The molecule has 1 saturated heterocycles.